The highest BCUT2D eigenvalue weighted by Crippen LogP contribution is 2.33. The second-order valence-electron chi connectivity index (χ2n) is 4.37. The molecule has 1 N–H and O–H groups in total. The Bertz CT molecular complexity index is 621. The number of benzene rings is 2. The topological polar surface area (TPSA) is 21.3 Å². The van der Waals surface area contributed by atoms with Crippen molar-refractivity contribution in [2.75, 3.05) is 7.05 Å². The van der Waals surface area contributed by atoms with Crippen LogP contribution in [0.25, 0.3) is 0 Å². The molecule has 0 aliphatic heterocycles. The minimum atomic E-state index is -0.496. The maximum absolute atomic E-state index is 13.4. The van der Waals surface area contributed by atoms with Crippen molar-refractivity contribution in [1.29, 1.82) is 0 Å². The highest BCUT2D eigenvalue weighted by Gasteiger charge is 2.12. The van der Waals surface area contributed by atoms with Crippen LogP contribution in [0, 0.1) is 5.82 Å². The zero-order chi connectivity index (χ0) is 14.7. The Morgan fingerprint density at radius 3 is 2.65 bits per heavy atom. The third-order valence-electron chi connectivity index (χ3n) is 2.99. The van der Waals surface area contributed by atoms with Gasteiger partial charge in [-0.05, 0) is 44.3 Å². The van der Waals surface area contributed by atoms with Gasteiger partial charge in [0, 0.05) is 22.1 Å². The number of rotatable bonds is 4. The summed E-state index contributed by atoms with van der Waals surface area (Å²) >= 11 is 9.10. The zero-order valence-corrected chi connectivity index (χ0v) is 13.4. The lowest BCUT2D eigenvalue weighted by atomic mass is 10.1. The second kappa shape index (κ2) is 6.57. The third-order valence-corrected chi connectivity index (χ3v) is 3.79. The average molecular weight is 359 g/mol. The molecule has 5 heteroatoms. The SMILES string of the molecule is CNC(C)c1cc(Br)ccc1Oc1ccc(Cl)c(F)c1. The zero-order valence-electron chi connectivity index (χ0n) is 11.1. The van der Waals surface area contributed by atoms with Gasteiger partial charge in [0.15, 0.2) is 0 Å². The largest absolute Gasteiger partial charge is 0.457 e. The van der Waals surface area contributed by atoms with Crippen LogP contribution in [0.5, 0.6) is 11.5 Å². The summed E-state index contributed by atoms with van der Waals surface area (Å²) in [5, 5.41) is 3.24. The maximum atomic E-state index is 13.4. The van der Waals surface area contributed by atoms with E-state index in [2.05, 4.69) is 21.2 Å². The van der Waals surface area contributed by atoms with Gasteiger partial charge in [0.25, 0.3) is 0 Å². The van der Waals surface area contributed by atoms with E-state index in [1.807, 2.05) is 32.2 Å². The lowest BCUT2D eigenvalue weighted by Crippen LogP contribution is -2.13. The fraction of sp³-hybridized carbons (Fsp3) is 0.200. The van der Waals surface area contributed by atoms with Crippen LogP contribution < -0.4 is 10.1 Å². The summed E-state index contributed by atoms with van der Waals surface area (Å²) in [6.07, 6.45) is 0. The van der Waals surface area contributed by atoms with Gasteiger partial charge in [0.1, 0.15) is 17.3 Å². The number of hydrogen-bond acceptors (Lipinski definition) is 2. The molecule has 1 unspecified atom stereocenters. The molecule has 0 aliphatic rings. The summed E-state index contributed by atoms with van der Waals surface area (Å²) in [7, 11) is 1.87. The number of hydrogen-bond donors (Lipinski definition) is 1. The van der Waals surface area contributed by atoms with Crippen molar-refractivity contribution < 1.29 is 9.13 Å². The van der Waals surface area contributed by atoms with Gasteiger partial charge in [0.05, 0.1) is 5.02 Å². The predicted octanol–water partition coefficient (Wildman–Crippen LogP) is 5.31. The molecule has 0 radical (unpaired) electrons. The van der Waals surface area contributed by atoms with Gasteiger partial charge in [-0.2, -0.15) is 0 Å². The fourth-order valence-electron chi connectivity index (χ4n) is 1.77. The first-order chi connectivity index (χ1) is 9.51. The van der Waals surface area contributed by atoms with Gasteiger partial charge < -0.3 is 10.1 Å². The summed E-state index contributed by atoms with van der Waals surface area (Å²) in [4.78, 5) is 0. The lowest BCUT2D eigenvalue weighted by molar-refractivity contribution is 0.461. The van der Waals surface area contributed by atoms with Crippen LogP contribution in [0.15, 0.2) is 40.9 Å². The number of nitrogens with one attached hydrogen (secondary N) is 1. The van der Waals surface area contributed by atoms with Crippen LogP contribution in [-0.2, 0) is 0 Å². The molecule has 1 atom stereocenters. The van der Waals surface area contributed by atoms with Gasteiger partial charge in [0.2, 0.25) is 0 Å². The molecule has 0 spiro atoms. The van der Waals surface area contributed by atoms with Crippen molar-refractivity contribution >= 4 is 27.5 Å². The molecule has 0 aliphatic carbocycles. The van der Waals surface area contributed by atoms with Crippen molar-refractivity contribution in [2.45, 2.75) is 13.0 Å². The average Bonchev–Trinajstić information content (AvgIpc) is 2.44. The molecule has 0 saturated carbocycles. The van der Waals surface area contributed by atoms with Crippen LogP contribution in [0.3, 0.4) is 0 Å². The summed E-state index contributed by atoms with van der Waals surface area (Å²) in [5.74, 6) is 0.597. The number of halogens is 3. The molecular weight excluding hydrogens is 345 g/mol. The molecule has 0 bridgehead atoms. The van der Waals surface area contributed by atoms with Crippen molar-refractivity contribution in [3.63, 3.8) is 0 Å². The van der Waals surface area contributed by atoms with E-state index in [9.17, 15) is 4.39 Å². The van der Waals surface area contributed by atoms with Crippen LogP contribution >= 0.6 is 27.5 Å². The van der Waals surface area contributed by atoms with E-state index in [4.69, 9.17) is 16.3 Å². The van der Waals surface area contributed by atoms with E-state index >= 15 is 0 Å². The Kier molecular flexibility index (Phi) is 5.02. The van der Waals surface area contributed by atoms with E-state index in [1.165, 1.54) is 12.1 Å². The van der Waals surface area contributed by atoms with Crippen LogP contribution in [0.1, 0.15) is 18.5 Å². The Morgan fingerprint density at radius 2 is 2.00 bits per heavy atom. The van der Waals surface area contributed by atoms with Crippen LogP contribution in [0.4, 0.5) is 4.39 Å². The highest BCUT2D eigenvalue weighted by molar-refractivity contribution is 9.10. The van der Waals surface area contributed by atoms with E-state index in [0.717, 1.165) is 10.0 Å². The van der Waals surface area contributed by atoms with E-state index in [0.29, 0.717) is 11.5 Å². The van der Waals surface area contributed by atoms with Crippen molar-refractivity contribution in [2.24, 2.45) is 0 Å². The van der Waals surface area contributed by atoms with E-state index in [-0.39, 0.29) is 11.1 Å². The molecule has 0 amide bonds. The molecule has 2 aromatic carbocycles. The van der Waals surface area contributed by atoms with Crippen molar-refractivity contribution in [1.82, 2.24) is 5.32 Å². The summed E-state index contributed by atoms with van der Waals surface area (Å²) < 4.78 is 20.2. The minimum Gasteiger partial charge on any atom is -0.457 e. The standard InChI is InChI=1S/C15H14BrClFNO/c1-9(19-2)12-7-10(16)3-6-15(12)20-11-4-5-13(17)14(18)8-11/h3-9,19H,1-2H3. The molecule has 0 saturated heterocycles. The molecule has 0 heterocycles. The lowest BCUT2D eigenvalue weighted by Gasteiger charge is -2.17. The molecule has 0 aromatic heterocycles. The molecule has 106 valence electrons. The van der Waals surface area contributed by atoms with E-state index in [1.54, 1.807) is 6.07 Å². The second-order valence-corrected chi connectivity index (χ2v) is 5.69. The molecule has 2 nitrogen and oxygen atoms in total. The Hall–Kier alpha value is -1.10. The Labute approximate surface area is 131 Å². The van der Waals surface area contributed by atoms with Crippen LogP contribution in [-0.4, -0.2) is 7.05 Å². The summed E-state index contributed by atoms with van der Waals surface area (Å²) in [6, 6.07) is 10.2. The fourth-order valence-corrected chi connectivity index (χ4v) is 2.27. The molecule has 0 fully saturated rings. The Morgan fingerprint density at radius 1 is 1.25 bits per heavy atom. The monoisotopic (exact) mass is 357 g/mol. The van der Waals surface area contributed by atoms with Crippen molar-refractivity contribution in [3.05, 3.63) is 57.3 Å². The predicted molar refractivity (Wildman–Crippen MR) is 83.1 cm³/mol. The molecule has 2 rings (SSSR count). The normalized spacial score (nSPS) is 12.2. The molecule has 20 heavy (non-hydrogen) atoms. The first-order valence-corrected chi connectivity index (χ1v) is 7.28. The Balaban J connectivity index is 2.35. The van der Waals surface area contributed by atoms with Gasteiger partial charge >= 0.3 is 0 Å². The first-order valence-electron chi connectivity index (χ1n) is 6.11. The summed E-state index contributed by atoms with van der Waals surface area (Å²) in [5.41, 5.74) is 0.984. The molecule has 2 aromatic rings. The van der Waals surface area contributed by atoms with Gasteiger partial charge in [-0.25, -0.2) is 4.39 Å². The third kappa shape index (κ3) is 3.51. The smallest absolute Gasteiger partial charge is 0.145 e. The highest BCUT2D eigenvalue weighted by atomic mass is 79.9. The van der Waals surface area contributed by atoms with Crippen molar-refractivity contribution in [3.8, 4) is 11.5 Å². The minimum absolute atomic E-state index is 0.0805. The van der Waals surface area contributed by atoms with Gasteiger partial charge in [-0.1, -0.05) is 27.5 Å². The maximum Gasteiger partial charge on any atom is 0.145 e. The van der Waals surface area contributed by atoms with Crippen LogP contribution in [0.2, 0.25) is 5.02 Å². The quantitative estimate of drug-likeness (QED) is 0.799. The summed E-state index contributed by atoms with van der Waals surface area (Å²) in [6.45, 7) is 2.02. The van der Waals surface area contributed by atoms with Gasteiger partial charge in [-0.15, -0.1) is 0 Å². The number of ether oxygens (including phenoxy) is 1. The van der Waals surface area contributed by atoms with Gasteiger partial charge in [-0.3, -0.25) is 0 Å². The van der Waals surface area contributed by atoms with E-state index < -0.39 is 5.82 Å². The first kappa shape index (κ1) is 15.3. The molecular formula is C15H14BrClFNO.